The lowest BCUT2D eigenvalue weighted by atomic mass is 10.0. The van der Waals surface area contributed by atoms with Gasteiger partial charge in [0.1, 0.15) is 23.0 Å². The number of aryl methyl sites for hydroxylation is 4. The Morgan fingerprint density at radius 3 is 1.19 bits per heavy atom. The molecule has 8 aromatic carbocycles. The molecule has 64 heavy (non-hydrogen) atoms. The van der Waals surface area contributed by atoms with Crippen LogP contribution in [0.25, 0.3) is 10.8 Å². The van der Waals surface area contributed by atoms with E-state index in [-0.39, 0.29) is 0 Å². The molecule has 6 nitrogen and oxygen atoms in total. The molecule has 8 rings (SSSR count). The maximum atomic E-state index is 6.84. The monoisotopic (exact) mass is 848 g/mol. The summed E-state index contributed by atoms with van der Waals surface area (Å²) in [6, 6.07) is 60.5. The van der Waals surface area contributed by atoms with Crippen molar-refractivity contribution in [3.63, 3.8) is 0 Å². The Balaban J connectivity index is 1.16. The maximum absolute atomic E-state index is 6.84. The van der Waals surface area contributed by atoms with E-state index in [1.165, 1.54) is 11.1 Å². The SMILES string of the molecule is CCCCc1ccc(OC(Oc2ccc(C)cc2Oc2ccccc2)c2ccc3ccc(C(Oc4ccc(CCCC)cc4)Oc4ccc(C)cc4Oc4ccccc4)cc3c2)cc1. The summed E-state index contributed by atoms with van der Waals surface area (Å²) in [4.78, 5) is 0. The molecule has 0 aliphatic carbocycles. The topological polar surface area (TPSA) is 55.4 Å². The summed E-state index contributed by atoms with van der Waals surface area (Å²) >= 11 is 0. The first-order valence-electron chi connectivity index (χ1n) is 22.4. The molecular weight excluding hydrogens is 793 g/mol. The van der Waals surface area contributed by atoms with Gasteiger partial charge in [-0.1, -0.05) is 124 Å². The Labute approximate surface area is 378 Å². The first kappa shape index (κ1) is 43.5. The van der Waals surface area contributed by atoms with E-state index in [0.29, 0.717) is 46.0 Å². The summed E-state index contributed by atoms with van der Waals surface area (Å²) in [6.07, 6.45) is 4.96. The molecule has 0 N–H and O–H groups in total. The molecular formula is C58H56O6. The number of ether oxygens (including phenoxy) is 6. The van der Waals surface area contributed by atoms with E-state index >= 15 is 0 Å². The zero-order valence-corrected chi connectivity index (χ0v) is 37.2. The number of hydrogen-bond donors (Lipinski definition) is 0. The number of para-hydroxylation sites is 2. The lowest BCUT2D eigenvalue weighted by Crippen LogP contribution is -2.16. The van der Waals surface area contributed by atoms with Gasteiger partial charge in [-0.3, -0.25) is 0 Å². The molecule has 2 atom stereocenters. The highest BCUT2D eigenvalue weighted by Crippen LogP contribution is 2.39. The van der Waals surface area contributed by atoms with Crippen molar-refractivity contribution in [3.8, 4) is 46.0 Å². The normalized spacial score (nSPS) is 12.0. The van der Waals surface area contributed by atoms with Crippen LogP contribution in [0.3, 0.4) is 0 Å². The molecule has 0 bridgehead atoms. The summed E-state index contributed by atoms with van der Waals surface area (Å²) in [5.74, 6) is 5.14. The van der Waals surface area contributed by atoms with Gasteiger partial charge in [0.15, 0.2) is 23.0 Å². The van der Waals surface area contributed by atoms with Crippen molar-refractivity contribution in [1.82, 2.24) is 0 Å². The third kappa shape index (κ3) is 11.6. The summed E-state index contributed by atoms with van der Waals surface area (Å²) in [5, 5.41) is 2.00. The molecule has 0 saturated carbocycles. The molecule has 0 aliphatic heterocycles. The molecule has 8 aromatic rings. The predicted molar refractivity (Wildman–Crippen MR) is 257 cm³/mol. The molecule has 0 saturated heterocycles. The summed E-state index contributed by atoms with van der Waals surface area (Å²) in [6.45, 7) is 8.50. The van der Waals surface area contributed by atoms with Crippen molar-refractivity contribution < 1.29 is 28.4 Å². The smallest absolute Gasteiger partial charge is 0.267 e. The summed E-state index contributed by atoms with van der Waals surface area (Å²) < 4.78 is 40.0. The number of unbranched alkanes of at least 4 members (excludes halogenated alkanes) is 2. The molecule has 0 heterocycles. The van der Waals surface area contributed by atoms with Crippen molar-refractivity contribution >= 4 is 10.8 Å². The molecule has 0 aromatic heterocycles. The lowest BCUT2D eigenvalue weighted by molar-refractivity contribution is 0.00225. The Morgan fingerprint density at radius 1 is 0.359 bits per heavy atom. The minimum atomic E-state index is -0.824. The summed E-state index contributed by atoms with van der Waals surface area (Å²) in [7, 11) is 0. The van der Waals surface area contributed by atoms with Crippen LogP contribution in [0.1, 0.15) is 85.5 Å². The van der Waals surface area contributed by atoms with Crippen molar-refractivity contribution in [2.75, 3.05) is 0 Å². The van der Waals surface area contributed by atoms with Crippen LogP contribution >= 0.6 is 0 Å². The summed E-state index contributed by atoms with van der Waals surface area (Å²) in [5.41, 5.74) is 6.30. The van der Waals surface area contributed by atoms with Gasteiger partial charge < -0.3 is 28.4 Å². The molecule has 0 radical (unpaired) electrons. The second-order valence-electron chi connectivity index (χ2n) is 16.2. The van der Waals surface area contributed by atoms with Crippen molar-refractivity contribution in [1.29, 1.82) is 0 Å². The van der Waals surface area contributed by atoms with Crippen LogP contribution in [0.15, 0.2) is 182 Å². The molecule has 0 fully saturated rings. The van der Waals surface area contributed by atoms with E-state index in [9.17, 15) is 0 Å². The zero-order chi connectivity index (χ0) is 44.1. The number of benzene rings is 8. The van der Waals surface area contributed by atoms with Crippen LogP contribution in [0.4, 0.5) is 0 Å². The van der Waals surface area contributed by atoms with E-state index in [2.05, 4.69) is 74.5 Å². The minimum Gasteiger partial charge on any atom is -0.453 e. The van der Waals surface area contributed by atoms with Crippen molar-refractivity contribution in [3.05, 3.63) is 215 Å². The van der Waals surface area contributed by atoms with Gasteiger partial charge in [-0.05, 0) is 157 Å². The Hall–Kier alpha value is -7.18. The average molecular weight is 849 g/mol. The molecule has 2 unspecified atom stereocenters. The second kappa shape index (κ2) is 21.3. The largest absolute Gasteiger partial charge is 0.453 e. The molecule has 6 heteroatoms. The highest BCUT2D eigenvalue weighted by atomic mass is 16.7. The van der Waals surface area contributed by atoms with Crippen LogP contribution in [0.2, 0.25) is 0 Å². The Kier molecular flexibility index (Phi) is 14.4. The third-order valence-electron chi connectivity index (χ3n) is 11.0. The van der Waals surface area contributed by atoms with Gasteiger partial charge in [0.2, 0.25) is 0 Å². The van der Waals surface area contributed by atoms with Gasteiger partial charge >= 0.3 is 0 Å². The molecule has 0 amide bonds. The minimum absolute atomic E-state index is 0.557. The van der Waals surface area contributed by atoms with E-state index in [0.717, 1.165) is 71.6 Å². The van der Waals surface area contributed by atoms with Gasteiger partial charge in [-0.15, -0.1) is 0 Å². The van der Waals surface area contributed by atoms with E-state index in [4.69, 9.17) is 28.4 Å². The van der Waals surface area contributed by atoms with Crippen LogP contribution in [0, 0.1) is 13.8 Å². The van der Waals surface area contributed by atoms with Crippen LogP contribution in [-0.4, -0.2) is 0 Å². The molecule has 0 aliphatic rings. The van der Waals surface area contributed by atoms with Gasteiger partial charge in [-0.2, -0.15) is 0 Å². The van der Waals surface area contributed by atoms with Gasteiger partial charge in [0.05, 0.1) is 0 Å². The molecule has 0 spiro atoms. The van der Waals surface area contributed by atoms with Crippen molar-refractivity contribution in [2.45, 2.75) is 78.8 Å². The molecule has 324 valence electrons. The first-order valence-corrected chi connectivity index (χ1v) is 22.4. The third-order valence-corrected chi connectivity index (χ3v) is 11.0. The van der Waals surface area contributed by atoms with Gasteiger partial charge in [0, 0.05) is 11.1 Å². The predicted octanol–water partition coefficient (Wildman–Crippen LogP) is 16.0. The average Bonchev–Trinajstić information content (AvgIpc) is 3.32. The van der Waals surface area contributed by atoms with E-state index in [1.807, 2.05) is 135 Å². The number of rotatable bonds is 20. The quantitative estimate of drug-likeness (QED) is 0.0712. The van der Waals surface area contributed by atoms with E-state index < -0.39 is 12.6 Å². The highest BCUT2D eigenvalue weighted by Gasteiger charge is 2.23. The maximum Gasteiger partial charge on any atom is 0.267 e. The van der Waals surface area contributed by atoms with Crippen LogP contribution in [-0.2, 0) is 12.8 Å². The fourth-order valence-electron chi connectivity index (χ4n) is 7.42. The fraction of sp³-hybridized carbons (Fsp3) is 0.207. The van der Waals surface area contributed by atoms with Gasteiger partial charge in [0.25, 0.3) is 12.6 Å². The zero-order valence-electron chi connectivity index (χ0n) is 37.2. The highest BCUT2D eigenvalue weighted by molar-refractivity contribution is 5.84. The Morgan fingerprint density at radius 2 is 0.781 bits per heavy atom. The Bertz CT molecular complexity index is 2530. The second-order valence-corrected chi connectivity index (χ2v) is 16.2. The number of hydrogen-bond acceptors (Lipinski definition) is 6. The number of fused-ring (bicyclic) bond motifs is 1. The standard InChI is InChI=1S/C58H56O6/c1-5-7-15-43-23-31-51(32-24-43)61-57(63-53-35-21-41(3)37-55(53)59-49-17-11-9-12-18-49)46-29-27-45-28-30-47(40-48(45)39-46)58(62-52-33-25-44(26-34-52)16-8-6-2)64-54-36-22-42(4)38-56(54)60-50-19-13-10-14-20-50/h9-14,17-40,57-58H,5-8,15-16H2,1-4H3. The first-order chi connectivity index (χ1) is 31.4. The fourth-order valence-corrected chi connectivity index (χ4v) is 7.42. The van der Waals surface area contributed by atoms with Gasteiger partial charge in [-0.25, -0.2) is 0 Å². The van der Waals surface area contributed by atoms with Crippen LogP contribution in [0.5, 0.6) is 46.0 Å². The lowest BCUT2D eigenvalue weighted by Gasteiger charge is -2.24. The van der Waals surface area contributed by atoms with Crippen LogP contribution < -0.4 is 28.4 Å². The van der Waals surface area contributed by atoms with E-state index in [1.54, 1.807) is 0 Å². The van der Waals surface area contributed by atoms with Crippen molar-refractivity contribution in [2.24, 2.45) is 0 Å².